The normalized spacial score (nSPS) is 10.1. The lowest BCUT2D eigenvalue weighted by Crippen LogP contribution is -2.25. The Hall–Kier alpha value is -2.20. The number of aryl methyl sites for hydroxylation is 2. The molecule has 0 aromatic heterocycles. The highest BCUT2D eigenvalue weighted by molar-refractivity contribution is 5.85. The molecule has 0 unspecified atom stereocenters. The van der Waals surface area contributed by atoms with Crippen LogP contribution in [0.3, 0.4) is 0 Å². The molecule has 5 heteroatoms. The molecule has 3 N–H and O–H groups in total. The number of halogens is 1. The van der Waals surface area contributed by atoms with Crippen molar-refractivity contribution in [1.29, 1.82) is 0 Å². The van der Waals surface area contributed by atoms with Gasteiger partial charge in [0.15, 0.2) is 0 Å². The van der Waals surface area contributed by atoms with E-state index in [0.29, 0.717) is 19.6 Å². The maximum Gasteiger partial charge on any atom is 0.220 e. The molecule has 2 rings (SSSR count). The summed E-state index contributed by atoms with van der Waals surface area (Å²) in [5, 5.41) is 2.96. The highest BCUT2D eigenvalue weighted by atomic mass is 35.5. The topological polar surface area (TPSA) is 64.3 Å². The van der Waals surface area contributed by atoms with Crippen LogP contribution in [0.5, 0.6) is 5.75 Å². The number of unbranched alkanes of at least 4 members (excludes halogenated alkanes) is 1. The average molecular weight is 377 g/mol. The Balaban J connectivity index is 0.00000338. The third kappa shape index (κ3) is 7.79. The molecule has 2 aromatic rings. The maximum absolute atomic E-state index is 11.8. The first-order valence-electron chi connectivity index (χ1n) is 8.86. The molecule has 0 spiro atoms. The van der Waals surface area contributed by atoms with Gasteiger partial charge in [0.2, 0.25) is 5.91 Å². The van der Waals surface area contributed by atoms with Crippen LogP contribution < -0.4 is 15.8 Å². The van der Waals surface area contributed by atoms with Crippen molar-refractivity contribution in [2.45, 2.75) is 39.5 Å². The smallest absolute Gasteiger partial charge is 0.220 e. The van der Waals surface area contributed by atoms with Gasteiger partial charge in [-0.3, -0.25) is 4.79 Å². The molecule has 142 valence electrons. The largest absolute Gasteiger partial charge is 0.493 e. The fourth-order valence-corrected chi connectivity index (χ4v) is 2.55. The maximum atomic E-state index is 11.8. The van der Waals surface area contributed by atoms with Gasteiger partial charge in [-0.15, -0.1) is 12.4 Å². The van der Waals surface area contributed by atoms with E-state index >= 15 is 0 Å². The molecule has 0 aliphatic carbocycles. The number of anilines is 1. The van der Waals surface area contributed by atoms with E-state index < -0.39 is 0 Å². The van der Waals surface area contributed by atoms with Crippen molar-refractivity contribution in [2.75, 3.05) is 18.9 Å². The lowest BCUT2D eigenvalue weighted by atomic mass is 10.1. The van der Waals surface area contributed by atoms with E-state index in [1.54, 1.807) is 0 Å². The summed E-state index contributed by atoms with van der Waals surface area (Å²) in [7, 11) is 0. The van der Waals surface area contributed by atoms with Crippen LogP contribution in [0.2, 0.25) is 0 Å². The zero-order valence-corrected chi connectivity index (χ0v) is 16.4. The van der Waals surface area contributed by atoms with Gasteiger partial charge in [-0.05, 0) is 68.0 Å². The van der Waals surface area contributed by atoms with Crippen molar-refractivity contribution in [3.05, 3.63) is 59.2 Å². The van der Waals surface area contributed by atoms with Gasteiger partial charge >= 0.3 is 0 Å². The Morgan fingerprint density at radius 1 is 1.08 bits per heavy atom. The van der Waals surface area contributed by atoms with Crippen LogP contribution in [0, 0.1) is 13.8 Å². The van der Waals surface area contributed by atoms with Gasteiger partial charge in [-0.2, -0.15) is 0 Å². The van der Waals surface area contributed by atoms with Gasteiger partial charge in [0.1, 0.15) is 5.75 Å². The standard InChI is InChI=1S/C21H28N2O2.ClH/c1-16-6-7-17(2)20(15-16)25-14-4-3-5-21(24)23-13-12-18-8-10-19(22)11-9-18;/h6-11,15H,3-5,12-14,22H2,1-2H3,(H,23,24);1H. The summed E-state index contributed by atoms with van der Waals surface area (Å²) in [6.45, 7) is 5.40. The molecular weight excluding hydrogens is 348 g/mol. The molecule has 0 bridgehead atoms. The number of hydrogen-bond donors (Lipinski definition) is 2. The Morgan fingerprint density at radius 3 is 2.54 bits per heavy atom. The molecule has 0 aliphatic heterocycles. The zero-order valence-electron chi connectivity index (χ0n) is 15.6. The third-order valence-electron chi connectivity index (χ3n) is 4.11. The number of carbonyl (C=O) groups is 1. The lowest BCUT2D eigenvalue weighted by molar-refractivity contribution is -0.121. The monoisotopic (exact) mass is 376 g/mol. The molecule has 0 heterocycles. The summed E-state index contributed by atoms with van der Waals surface area (Å²) < 4.78 is 5.81. The van der Waals surface area contributed by atoms with Gasteiger partial charge in [-0.25, -0.2) is 0 Å². The summed E-state index contributed by atoms with van der Waals surface area (Å²) >= 11 is 0. The minimum absolute atomic E-state index is 0. The Kier molecular flexibility index (Phi) is 9.60. The molecule has 1 amide bonds. The second-order valence-corrected chi connectivity index (χ2v) is 6.42. The lowest BCUT2D eigenvalue weighted by Gasteiger charge is -2.10. The first kappa shape index (κ1) is 21.8. The predicted octanol–water partition coefficient (Wildman–Crippen LogP) is 4.22. The summed E-state index contributed by atoms with van der Waals surface area (Å²) in [5.74, 6) is 1.04. The van der Waals surface area contributed by atoms with E-state index in [4.69, 9.17) is 10.5 Å². The number of nitrogens with two attached hydrogens (primary N) is 1. The number of nitrogens with one attached hydrogen (secondary N) is 1. The van der Waals surface area contributed by atoms with Crippen molar-refractivity contribution in [3.63, 3.8) is 0 Å². The van der Waals surface area contributed by atoms with Crippen molar-refractivity contribution >= 4 is 24.0 Å². The SMILES string of the molecule is Cc1ccc(C)c(OCCCCC(=O)NCCc2ccc(N)cc2)c1.Cl. The van der Waals surface area contributed by atoms with Crippen LogP contribution >= 0.6 is 12.4 Å². The van der Waals surface area contributed by atoms with E-state index in [9.17, 15) is 4.79 Å². The number of carbonyl (C=O) groups excluding carboxylic acids is 1. The predicted molar refractivity (Wildman–Crippen MR) is 110 cm³/mol. The quantitative estimate of drug-likeness (QED) is 0.508. The van der Waals surface area contributed by atoms with Crippen LogP contribution in [0.1, 0.15) is 36.0 Å². The van der Waals surface area contributed by atoms with Crippen LogP contribution in [0.15, 0.2) is 42.5 Å². The summed E-state index contributed by atoms with van der Waals surface area (Å²) in [5.41, 5.74) is 9.93. The van der Waals surface area contributed by atoms with Crippen molar-refractivity contribution in [3.8, 4) is 5.75 Å². The Labute approximate surface area is 162 Å². The second-order valence-electron chi connectivity index (χ2n) is 6.42. The van der Waals surface area contributed by atoms with Gasteiger partial charge in [0, 0.05) is 18.7 Å². The summed E-state index contributed by atoms with van der Waals surface area (Å²) in [6.07, 6.45) is 3.07. The average Bonchev–Trinajstić information content (AvgIpc) is 2.59. The molecular formula is C21H29ClN2O2. The minimum Gasteiger partial charge on any atom is -0.493 e. The van der Waals surface area contributed by atoms with Crippen LogP contribution in [0.25, 0.3) is 0 Å². The number of rotatable bonds is 9. The van der Waals surface area contributed by atoms with E-state index in [-0.39, 0.29) is 18.3 Å². The highest BCUT2D eigenvalue weighted by Crippen LogP contribution is 2.19. The number of nitrogen functional groups attached to an aromatic ring is 1. The third-order valence-corrected chi connectivity index (χ3v) is 4.11. The first-order valence-corrected chi connectivity index (χ1v) is 8.86. The Morgan fingerprint density at radius 2 is 1.81 bits per heavy atom. The molecule has 2 aromatic carbocycles. The van der Waals surface area contributed by atoms with E-state index in [0.717, 1.165) is 36.3 Å². The molecule has 4 nitrogen and oxygen atoms in total. The number of hydrogen-bond acceptors (Lipinski definition) is 3. The summed E-state index contributed by atoms with van der Waals surface area (Å²) in [4.78, 5) is 11.8. The molecule has 0 radical (unpaired) electrons. The van der Waals surface area contributed by atoms with Crippen LogP contribution in [-0.4, -0.2) is 19.1 Å². The van der Waals surface area contributed by atoms with E-state index in [1.807, 2.05) is 31.2 Å². The van der Waals surface area contributed by atoms with Crippen LogP contribution in [-0.2, 0) is 11.2 Å². The summed E-state index contributed by atoms with van der Waals surface area (Å²) in [6, 6.07) is 14.0. The second kappa shape index (κ2) is 11.4. The van der Waals surface area contributed by atoms with Crippen molar-refractivity contribution in [1.82, 2.24) is 5.32 Å². The van der Waals surface area contributed by atoms with Gasteiger partial charge in [0.05, 0.1) is 6.61 Å². The molecule has 26 heavy (non-hydrogen) atoms. The molecule has 0 saturated heterocycles. The van der Waals surface area contributed by atoms with E-state index in [1.165, 1.54) is 11.1 Å². The zero-order chi connectivity index (χ0) is 18.1. The minimum atomic E-state index is 0. The fraction of sp³-hybridized carbons (Fsp3) is 0.381. The number of ether oxygens (including phenoxy) is 1. The van der Waals surface area contributed by atoms with Crippen LogP contribution in [0.4, 0.5) is 5.69 Å². The van der Waals surface area contributed by atoms with Gasteiger partial charge in [0.25, 0.3) is 0 Å². The molecule has 0 atom stereocenters. The molecule has 0 aliphatic rings. The highest BCUT2D eigenvalue weighted by Gasteiger charge is 2.03. The van der Waals surface area contributed by atoms with Gasteiger partial charge in [-0.1, -0.05) is 24.3 Å². The first-order chi connectivity index (χ1) is 12.0. The molecule has 0 saturated carbocycles. The van der Waals surface area contributed by atoms with Crippen molar-refractivity contribution < 1.29 is 9.53 Å². The van der Waals surface area contributed by atoms with E-state index in [2.05, 4.69) is 30.4 Å². The number of amides is 1. The van der Waals surface area contributed by atoms with Crippen molar-refractivity contribution in [2.24, 2.45) is 0 Å². The molecule has 0 fully saturated rings. The Bertz CT molecular complexity index is 687. The number of benzene rings is 2. The fourth-order valence-electron chi connectivity index (χ4n) is 2.55. The van der Waals surface area contributed by atoms with Gasteiger partial charge < -0.3 is 15.8 Å².